The molecule has 4 rings (SSSR count). The van der Waals surface area contributed by atoms with Gasteiger partial charge in [0.2, 0.25) is 5.91 Å². The average Bonchev–Trinajstić information content (AvgIpc) is 3.30. The third-order valence-corrected chi connectivity index (χ3v) is 6.67. The maximum absolute atomic E-state index is 12.8. The molecule has 0 unspecified atom stereocenters. The number of thiazole rings is 1. The third-order valence-electron chi connectivity index (χ3n) is 5.73. The number of hydrogen-bond acceptors (Lipinski definition) is 4. The van der Waals surface area contributed by atoms with Crippen molar-refractivity contribution in [2.24, 2.45) is 11.3 Å². The van der Waals surface area contributed by atoms with E-state index in [1.807, 2.05) is 18.2 Å². The van der Waals surface area contributed by atoms with Gasteiger partial charge in [0.1, 0.15) is 5.01 Å². The van der Waals surface area contributed by atoms with Crippen molar-refractivity contribution < 1.29 is 4.79 Å². The van der Waals surface area contributed by atoms with Crippen LogP contribution in [0.4, 0.5) is 0 Å². The maximum Gasteiger partial charge on any atom is 0.227 e. The molecule has 4 nitrogen and oxygen atoms in total. The molecule has 1 saturated carbocycles. The Hall–Kier alpha value is -1.43. The molecule has 0 radical (unpaired) electrons. The number of aromatic nitrogens is 1. The van der Waals surface area contributed by atoms with Gasteiger partial charge in [-0.05, 0) is 25.3 Å². The van der Waals surface area contributed by atoms with E-state index >= 15 is 0 Å². The number of halogens is 1. The molecule has 140 valence electrons. The summed E-state index contributed by atoms with van der Waals surface area (Å²) in [5, 5.41) is 9.80. The van der Waals surface area contributed by atoms with Crippen LogP contribution in [0.25, 0.3) is 10.6 Å². The summed E-state index contributed by atoms with van der Waals surface area (Å²) in [4.78, 5) is 17.6. The lowest BCUT2D eigenvalue weighted by molar-refractivity contribution is -0.133. The van der Waals surface area contributed by atoms with Crippen molar-refractivity contribution in [2.45, 2.75) is 32.1 Å². The Morgan fingerprint density at radius 1 is 1.31 bits per heavy atom. The van der Waals surface area contributed by atoms with Crippen LogP contribution in [-0.4, -0.2) is 30.5 Å². The molecule has 2 N–H and O–H groups in total. The fourth-order valence-corrected chi connectivity index (χ4v) is 5.17. The second-order valence-corrected chi connectivity index (χ2v) is 8.10. The van der Waals surface area contributed by atoms with Crippen molar-refractivity contribution in [1.29, 1.82) is 0 Å². The zero-order valence-electron chi connectivity index (χ0n) is 14.9. The first-order valence-electron chi connectivity index (χ1n) is 9.27. The van der Waals surface area contributed by atoms with Gasteiger partial charge in [0.15, 0.2) is 0 Å². The molecule has 26 heavy (non-hydrogen) atoms. The highest BCUT2D eigenvalue weighted by Gasteiger charge is 2.49. The van der Waals surface area contributed by atoms with E-state index in [-0.39, 0.29) is 23.7 Å². The molecule has 1 aromatic heterocycles. The van der Waals surface area contributed by atoms with Gasteiger partial charge in [-0.15, -0.1) is 23.7 Å². The quantitative estimate of drug-likeness (QED) is 0.817. The summed E-state index contributed by atoms with van der Waals surface area (Å²) in [6.45, 7) is 2.52. The van der Waals surface area contributed by atoms with E-state index in [1.165, 1.54) is 19.3 Å². The van der Waals surface area contributed by atoms with E-state index in [0.717, 1.165) is 42.2 Å². The number of nitrogens with zero attached hydrogens (tertiary/aromatic N) is 1. The first kappa shape index (κ1) is 19.3. The lowest BCUT2D eigenvalue weighted by Crippen LogP contribution is -2.48. The van der Waals surface area contributed by atoms with Crippen molar-refractivity contribution in [1.82, 2.24) is 15.6 Å². The van der Waals surface area contributed by atoms with Crippen molar-refractivity contribution >= 4 is 29.7 Å². The number of nitrogens with one attached hydrogen (secondary N) is 2. The molecular weight excluding hydrogens is 366 g/mol. The predicted molar refractivity (Wildman–Crippen MR) is 109 cm³/mol. The smallest absolute Gasteiger partial charge is 0.227 e. The monoisotopic (exact) mass is 391 g/mol. The Morgan fingerprint density at radius 2 is 2.15 bits per heavy atom. The summed E-state index contributed by atoms with van der Waals surface area (Å²) in [7, 11) is 0. The van der Waals surface area contributed by atoms with Gasteiger partial charge >= 0.3 is 0 Å². The Balaban J connectivity index is 0.00000196. The zero-order chi connectivity index (χ0) is 17.1. The Bertz CT molecular complexity index is 736. The Labute approximate surface area is 165 Å². The van der Waals surface area contributed by atoms with E-state index < -0.39 is 0 Å². The number of carbonyl (C=O) groups is 1. The van der Waals surface area contributed by atoms with Crippen LogP contribution in [0.15, 0.2) is 35.7 Å². The first-order valence-corrected chi connectivity index (χ1v) is 10.1. The molecule has 0 bridgehead atoms. The van der Waals surface area contributed by atoms with Crippen molar-refractivity contribution in [3.8, 4) is 10.6 Å². The van der Waals surface area contributed by atoms with E-state index in [4.69, 9.17) is 4.98 Å². The highest BCUT2D eigenvalue weighted by Crippen LogP contribution is 2.43. The van der Waals surface area contributed by atoms with Crippen LogP contribution < -0.4 is 10.6 Å². The average molecular weight is 392 g/mol. The van der Waals surface area contributed by atoms with Gasteiger partial charge in [-0.2, -0.15) is 0 Å². The van der Waals surface area contributed by atoms with Crippen LogP contribution in [0.5, 0.6) is 0 Å². The lowest BCUT2D eigenvalue weighted by Gasteiger charge is -2.37. The largest absolute Gasteiger partial charge is 0.355 e. The van der Waals surface area contributed by atoms with E-state index in [0.29, 0.717) is 12.5 Å². The molecule has 2 atom stereocenters. The Morgan fingerprint density at radius 3 is 3.00 bits per heavy atom. The molecule has 2 aromatic rings. The van der Waals surface area contributed by atoms with Gasteiger partial charge in [0, 0.05) is 30.5 Å². The highest BCUT2D eigenvalue weighted by atomic mass is 35.5. The topological polar surface area (TPSA) is 54.0 Å². The van der Waals surface area contributed by atoms with Crippen LogP contribution in [0, 0.1) is 11.3 Å². The second-order valence-electron chi connectivity index (χ2n) is 7.25. The van der Waals surface area contributed by atoms with Crippen LogP contribution in [0.1, 0.15) is 31.4 Å². The van der Waals surface area contributed by atoms with E-state index in [1.54, 1.807) is 11.3 Å². The Kier molecular flexibility index (Phi) is 6.33. The predicted octanol–water partition coefficient (Wildman–Crippen LogP) is 3.67. The molecule has 2 aliphatic rings. The molecule has 1 aliphatic heterocycles. The number of amides is 1. The molecule has 1 aromatic carbocycles. The third kappa shape index (κ3) is 3.80. The molecule has 2 heterocycles. The summed E-state index contributed by atoms with van der Waals surface area (Å²) in [5.41, 5.74) is 2.06. The molecule has 1 amide bonds. The van der Waals surface area contributed by atoms with E-state index in [9.17, 15) is 4.79 Å². The number of benzene rings is 1. The second kappa shape index (κ2) is 8.51. The van der Waals surface area contributed by atoms with Crippen molar-refractivity contribution in [3.63, 3.8) is 0 Å². The minimum Gasteiger partial charge on any atom is -0.355 e. The summed E-state index contributed by atoms with van der Waals surface area (Å²) < 4.78 is 0. The van der Waals surface area contributed by atoms with Gasteiger partial charge in [0.05, 0.1) is 11.1 Å². The number of fused-ring (bicyclic) bond motifs is 1. The molecule has 0 spiro atoms. The number of rotatable bonds is 5. The first-order chi connectivity index (χ1) is 12.3. The molecule has 2 fully saturated rings. The SMILES string of the molecule is Cl.O=C(NCCc1csc(-c2ccccc2)n1)[C@@]12CCCC[C@H]1CNC2. The summed E-state index contributed by atoms with van der Waals surface area (Å²) in [6, 6.07) is 10.3. The van der Waals surface area contributed by atoms with Crippen LogP contribution >= 0.6 is 23.7 Å². The van der Waals surface area contributed by atoms with Gasteiger partial charge in [0.25, 0.3) is 0 Å². The maximum atomic E-state index is 12.8. The standard InChI is InChI=1S/C20H25N3OS.ClH/c24-19(20-10-5-4-8-16(20)12-21-14-20)22-11-9-17-13-25-18(23-17)15-6-2-1-3-7-15;/h1-3,6-7,13,16,21H,4-5,8-12,14H2,(H,22,24);1H/t16-,20+;/m0./s1. The molecular formula is C20H26ClN3OS. The zero-order valence-corrected chi connectivity index (χ0v) is 16.5. The highest BCUT2D eigenvalue weighted by molar-refractivity contribution is 7.13. The van der Waals surface area contributed by atoms with Gasteiger partial charge in [-0.3, -0.25) is 4.79 Å². The lowest BCUT2D eigenvalue weighted by atomic mass is 9.67. The minimum atomic E-state index is -0.157. The minimum absolute atomic E-state index is 0. The molecule has 1 saturated heterocycles. The molecule has 1 aliphatic carbocycles. The fourth-order valence-electron chi connectivity index (χ4n) is 4.31. The normalized spacial score (nSPS) is 24.5. The van der Waals surface area contributed by atoms with Gasteiger partial charge < -0.3 is 10.6 Å². The molecule has 6 heteroatoms. The van der Waals surface area contributed by atoms with Crippen LogP contribution in [0.3, 0.4) is 0 Å². The van der Waals surface area contributed by atoms with Gasteiger partial charge in [-0.1, -0.05) is 43.2 Å². The summed E-state index contributed by atoms with van der Waals surface area (Å²) in [6.07, 6.45) is 5.46. The van der Waals surface area contributed by atoms with Crippen LogP contribution in [-0.2, 0) is 11.2 Å². The fraction of sp³-hybridized carbons (Fsp3) is 0.500. The van der Waals surface area contributed by atoms with Gasteiger partial charge in [-0.25, -0.2) is 4.98 Å². The number of carbonyl (C=O) groups excluding carboxylic acids is 1. The van der Waals surface area contributed by atoms with Crippen LogP contribution in [0.2, 0.25) is 0 Å². The summed E-state index contributed by atoms with van der Waals surface area (Å²) >= 11 is 1.67. The van der Waals surface area contributed by atoms with E-state index in [2.05, 4.69) is 28.1 Å². The van der Waals surface area contributed by atoms with Crippen molar-refractivity contribution in [3.05, 3.63) is 41.4 Å². The number of hydrogen-bond donors (Lipinski definition) is 2. The van der Waals surface area contributed by atoms with Crippen molar-refractivity contribution in [2.75, 3.05) is 19.6 Å². The summed E-state index contributed by atoms with van der Waals surface area (Å²) in [5.74, 6) is 0.769.